The number of unbranched alkanes of at least 4 members (excludes halogenated alkanes) is 24. The van der Waals surface area contributed by atoms with E-state index in [1.165, 1.54) is 128 Å². The number of carbonyl (C=O) groups is 4. The van der Waals surface area contributed by atoms with Crippen molar-refractivity contribution in [2.75, 3.05) is 0 Å². The van der Waals surface area contributed by atoms with Gasteiger partial charge in [0, 0.05) is 23.9 Å². The van der Waals surface area contributed by atoms with E-state index >= 15 is 0 Å². The molecule has 0 atom stereocenters. The molecule has 0 aliphatic heterocycles. The molecule has 12 heteroatoms. The van der Waals surface area contributed by atoms with Crippen molar-refractivity contribution in [1.29, 1.82) is 0 Å². The number of rotatable bonds is 32. The standard InChI is InChI=1S/4C10H20O2.4K/c4*1-2-3-4-5-6-7-8-9-10(11)12;;;;/h4*2-9H2,1H3,(H,11,12);;;;/q;;;;4*+1/p-4. The molecule has 0 fully saturated rings. The maximum atomic E-state index is 10.0. The van der Waals surface area contributed by atoms with Crippen molar-refractivity contribution < 1.29 is 245 Å². The van der Waals surface area contributed by atoms with Gasteiger partial charge in [0.05, 0.1) is 0 Å². The molecule has 8 nitrogen and oxygen atoms in total. The number of aliphatic carboxylic acids is 4. The van der Waals surface area contributed by atoms with Crippen LogP contribution in [0.4, 0.5) is 0 Å². The molecular weight excluding hydrogens is 765 g/mol. The maximum absolute atomic E-state index is 10.0. The first-order valence-electron chi connectivity index (χ1n) is 19.9. The summed E-state index contributed by atoms with van der Waals surface area (Å²) in [6.45, 7) is 8.76. The Hall–Kier alpha value is 4.43. The monoisotopic (exact) mass is 840 g/mol. The van der Waals surface area contributed by atoms with Gasteiger partial charge in [0.15, 0.2) is 0 Å². The van der Waals surface area contributed by atoms with Crippen LogP contribution >= 0.6 is 0 Å². The molecule has 0 bridgehead atoms. The normalized spacial score (nSPS) is 9.31. The zero-order chi connectivity index (χ0) is 36.9. The fourth-order valence-electron chi connectivity index (χ4n) is 4.91. The summed E-state index contributed by atoms with van der Waals surface area (Å²) in [6, 6.07) is 0. The van der Waals surface area contributed by atoms with E-state index in [1.807, 2.05) is 0 Å². The average Bonchev–Trinajstić information content (AvgIpc) is 3.03. The number of hydrogen-bond donors (Lipinski definition) is 0. The molecule has 0 heterocycles. The molecule has 0 aromatic heterocycles. The largest absolute Gasteiger partial charge is 1.00 e. The van der Waals surface area contributed by atoms with Crippen LogP contribution in [0.5, 0.6) is 0 Å². The Kier molecular flexibility index (Phi) is 99.5. The van der Waals surface area contributed by atoms with Crippen LogP contribution in [0.15, 0.2) is 0 Å². The van der Waals surface area contributed by atoms with Crippen LogP contribution in [0.25, 0.3) is 0 Å². The van der Waals surface area contributed by atoms with Crippen LogP contribution in [-0.2, 0) is 19.2 Å². The first-order chi connectivity index (χ1) is 23.1. The van der Waals surface area contributed by atoms with E-state index in [2.05, 4.69) is 27.7 Å². The zero-order valence-electron chi connectivity index (χ0n) is 35.9. The number of carboxylic acids is 4. The van der Waals surface area contributed by atoms with E-state index in [0.717, 1.165) is 51.4 Å². The summed E-state index contributed by atoms with van der Waals surface area (Å²) in [4.78, 5) is 40.1. The summed E-state index contributed by atoms with van der Waals surface area (Å²) in [5.74, 6) is -3.65. The van der Waals surface area contributed by atoms with Crippen molar-refractivity contribution in [2.24, 2.45) is 0 Å². The van der Waals surface area contributed by atoms with Gasteiger partial charge >= 0.3 is 206 Å². The Morgan fingerprint density at radius 3 is 0.481 bits per heavy atom. The molecule has 0 spiro atoms. The third kappa shape index (κ3) is 95.1. The second-order valence-corrected chi connectivity index (χ2v) is 13.0. The van der Waals surface area contributed by atoms with E-state index in [1.54, 1.807) is 0 Å². The van der Waals surface area contributed by atoms with Crippen LogP contribution in [0, 0.1) is 0 Å². The van der Waals surface area contributed by atoms with Crippen LogP contribution in [0.1, 0.15) is 233 Å². The Morgan fingerprint density at radius 2 is 0.365 bits per heavy atom. The van der Waals surface area contributed by atoms with E-state index in [4.69, 9.17) is 0 Å². The predicted octanol–water partition coefficient (Wildman–Crippen LogP) is -4.48. The number of carboxylic acid groups (broad SMARTS) is 4. The molecule has 0 unspecified atom stereocenters. The molecule has 52 heavy (non-hydrogen) atoms. The van der Waals surface area contributed by atoms with Crippen molar-refractivity contribution in [2.45, 2.75) is 233 Å². The second kappa shape index (κ2) is 70.0. The Bertz CT molecular complexity index is 574. The molecule has 0 N–H and O–H groups in total. The van der Waals surface area contributed by atoms with Gasteiger partial charge in [-0.3, -0.25) is 0 Å². The molecule has 0 rings (SSSR count). The van der Waals surface area contributed by atoms with Crippen molar-refractivity contribution in [3.63, 3.8) is 0 Å². The van der Waals surface area contributed by atoms with Gasteiger partial charge < -0.3 is 39.6 Å². The minimum Gasteiger partial charge on any atom is -0.550 e. The van der Waals surface area contributed by atoms with Gasteiger partial charge in [0.1, 0.15) is 0 Å². The van der Waals surface area contributed by atoms with Gasteiger partial charge in [-0.25, -0.2) is 0 Å². The van der Waals surface area contributed by atoms with Gasteiger partial charge in [0.2, 0.25) is 0 Å². The van der Waals surface area contributed by atoms with Crippen molar-refractivity contribution in [1.82, 2.24) is 0 Å². The minimum absolute atomic E-state index is 0. The van der Waals surface area contributed by atoms with Gasteiger partial charge in [-0.05, 0) is 51.4 Å². The zero-order valence-corrected chi connectivity index (χ0v) is 48.4. The van der Waals surface area contributed by atoms with Crippen molar-refractivity contribution in [3.05, 3.63) is 0 Å². The van der Waals surface area contributed by atoms with Gasteiger partial charge in [-0.1, -0.05) is 182 Å². The van der Waals surface area contributed by atoms with Crippen LogP contribution in [-0.4, -0.2) is 23.9 Å². The Balaban J connectivity index is -0.0000000807. The summed E-state index contributed by atoms with van der Waals surface area (Å²) in [7, 11) is 0. The second-order valence-electron chi connectivity index (χ2n) is 13.0. The van der Waals surface area contributed by atoms with Crippen molar-refractivity contribution >= 4 is 23.9 Å². The smallest absolute Gasteiger partial charge is 0.550 e. The summed E-state index contributed by atoms with van der Waals surface area (Å²) in [6.07, 6.45) is 33.4. The van der Waals surface area contributed by atoms with Gasteiger partial charge in [-0.15, -0.1) is 0 Å². The number of hydrogen-bond acceptors (Lipinski definition) is 8. The third-order valence-corrected chi connectivity index (χ3v) is 7.94. The molecule has 0 aromatic rings. The topological polar surface area (TPSA) is 161 Å². The third-order valence-electron chi connectivity index (χ3n) is 7.94. The molecule has 0 radical (unpaired) electrons. The average molecular weight is 841 g/mol. The van der Waals surface area contributed by atoms with Crippen LogP contribution in [0.2, 0.25) is 0 Å². The van der Waals surface area contributed by atoms with Crippen molar-refractivity contribution in [3.8, 4) is 0 Å². The van der Waals surface area contributed by atoms with Gasteiger partial charge in [-0.2, -0.15) is 0 Å². The summed E-state index contributed by atoms with van der Waals surface area (Å²) in [5.41, 5.74) is 0. The minimum atomic E-state index is -0.913. The summed E-state index contributed by atoms with van der Waals surface area (Å²) >= 11 is 0. The summed E-state index contributed by atoms with van der Waals surface area (Å²) < 4.78 is 0. The fraction of sp³-hybridized carbons (Fsp3) is 0.900. The molecule has 0 aromatic carbocycles. The van der Waals surface area contributed by atoms with E-state index < -0.39 is 23.9 Å². The van der Waals surface area contributed by atoms with E-state index in [0.29, 0.717) is 0 Å². The van der Waals surface area contributed by atoms with Crippen LogP contribution in [0.3, 0.4) is 0 Å². The quantitative estimate of drug-likeness (QED) is 0.0485. The molecule has 0 saturated heterocycles. The first-order valence-corrected chi connectivity index (χ1v) is 19.9. The summed E-state index contributed by atoms with van der Waals surface area (Å²) in [5, 5.41) is 40.1. The van der Waals surface area contributed by atoms with E-state index in [9.17, 15) is 39.6 Å². The van der Waals surface area contributed by atoms with Crippen LogP contribution < -0.4 is 226 Å². The first kappa shape index (κ1) is 73.9. The van der Waals surface area contributed by atoms with Gasteiger partial charge in [0.25, 0.3) is 0 Å². The van der Waals surface area contributed by atoms with E-state index in [-0.39, 0.29) is 231 Å². The molecule has 0 aliphatic rings. The predicted molar refractivity (Wildman–Crippen MR) is 190 cm³/mol. The fourth-order valence-corrected chi connectivity index (χ4v) is 4.91. The Labute approximate surface area is 492 Å². The molecule has 0 saturated carbocycles. The maximum Gasteiger partial charge on any atom is 1.00 e. The molecular formula is C40H76K4O8. The molecule has 0 amide bonds. The SMILES string of the molecule is CCCCCCCCCC(=O)[O-].CCCCCCCCCC(=O)[O-].CCCCCCCCCC(=O)[O-].CCCCCCCCCC(=O)[O-].[K+].[K+].[K+].[K+]. The number of carbonyl (C=O) groups excluding carboxylic acids is 4. The Morgan fingerprint density at radius 1 is 0.250 bits per heavy atom. The molecule has 288 valence electrons. The molecule has 0 aliphatic carbocycles.